The second-order valence-corrected chi connectivity index (χ2v) is 11.9. The van der Waals surface area contributed by atoms with Crippen molar-refractivity contribution in [3.63, 3.8) is 0 Å². The lowest BCUT2D eigenvalue weighted by atomic mass is 9.56. The van der Waals surface area contributed by atoms with Crippen molar-refractivity contribution in [1.82, 2.24) is 9.80 Å². The van der Waals surface area contributed by atoms with Crippen molar-refractivity contribution >= 4 is 62.8 Å². The van der Waals surface area contributed by atoms with Crippen LogP contribution < -0.4 is 4.74 Å². The molecule has 6 atom stereocenters. The lowest BCUT2D eigenvalue weighted by Crippen LogP contribution is -2.61. The van der Waals surface area contributed by atoms with Crippen LogP contribution in [0.2, 0.25) is 0 Å². The molecule has 2 saturated heterocycles. The fourth-order valence-corrected chi connectivity index (χ4v) is 8.38. The number of fused-ring (bicyclic) bond motifs is 5. The first-order valence-electron chi connectivity index (χ1n) is 12.1. The van der Waals surface area contributed by atoms with E-state index in [-0.39, 0.29) is 42.4 Å². The molecule has 1 N–H and O–H groups in total. The van der Waals surface area contributed by atoms with E-state index in [2.05, 4.69) is 15.9 Å². The molecule has 2 aliphatic carbocycles. The maximum Gasteiger partial charge on any atom is 0.254 e. The minimum atomic E-state index is -1.87. The largest absolute Gasteiger partial charge is 0.508 e. The molecule has 194 valence electrons. The van der Waals surface area contributed by atoms with E-state index in [1.807, 2.05) is 6.08 Å². The van der Waals surface area contributed by atoms with Gasteiger partial charge in [-0.05, 0) is 49.5 Å². The summed E-state index contributed by atoms with van der Waals surface area (Å²) in [6.45, 7) is 2.01. The Morgan fingerprint density at radius 3 is 2.57 bits per heavy atom. The molecule has 6 unspecified atom stereocenters. The minimum absolute atomic E-state index is 0.0439. The highest BCUT2D eigenvalue weighted by Crippen LogP contribution is 2.64. The average molecular weight is 610 g/mol. The van der Waals surface area contributed by atoms with Gasteiger partial charge >= 0.3 is 0 Å². The van der Waals surface area contributed by atoms with Gasteiger partial charge in [0.05, 0.1) is 23.6 Å². The Morgan fingerprint density at radius 2 is 1.86 bits per heavy atom. The van der Waals surface area contributed by atoms with Crippen LogP contribution in [0.15, 0.2) is 41.7 Å². The third kappa shape index (κ3) is 3.08. The summed E-state index contributed by atoms with van der Waals surface area (Å²) >= 11 is 17.6. The molecule has 3 heterocycles. The molecule has 3 aliphatic heterocycles. The van der Waals surface area contributed by atoms with Crippen molar-refractivity contribution in [3.8, 4) is 11.5 Å². The molecule has 1 aromatic carbocycles. The van der Waals surface area contributed by atoms with Crippen LogP contribution in [0.4, 0.5) is 0 Å². The van der Waals surface area contributed by atoms with E-state index in [1.165, 1.54) is 17.2 Å². The fourth-order valence-electron chi connectivity index (χ4n) is 6.94. The first-order valence-corrected chi connectivity index (χ1v) is 14.0. The van der Waals surface area contributed by atoms with Gasteiger partial charge in [0.2, 0.25) is 11.8 Å². The lowest BCUT2D eigenvalue weighted by Gasteiger charge is -2.51. The van der Waals surface area contributed by atoms with Gasteiger partial charge in [-0.1, -0.05) is 27.6 Å². The summed E-state index contributed by atoms with van der Waals surface area (Å²) in [6, 6.07) is 4.74. The third-order valence-electron chi connectivity index (χ3n) is 8.57. The van der Waals surface area contributed by atoms with E-state index in [9.17, 15) is 24.3 Å². The number of phenolic OH excluding ortho intramolecular Hbond substituents is 1. The summed E-state index contributed by atoms with van der Waals surface area (Å²) in [5, 5.41) is 10.0. The Labute approximate surface area is 231 Å². The molecule has 1 aromatic rings. The average Bonchev–Trinajstić information content (AvgIpc) is 3.21. The predicted molar refractivity (Wildman–Crippen MR) is 137 cm³/mol. The molecule has 0 aromatic heterocycles. The molecule has 8 nitrogen and oxygen atoms in total. The van der Waals surface area contributed by atoms with Crippen LogP contribution >= 0.6 is 39.1 Å². The zero-order chi connectivity index (χ0) is 26.4. The number of phenols is 1. The Hall–Kier alpha value is -2.36. The number of ether oxygens (including phenoxy) is 1. The number of hydrogen-bond donors (Lipinski definition) is 1. The molecule has 6 rings (SSSR count). The molecule has 5 aliphatic rings. The highest BCUT2D eigenvalue weighted by molar-refractivity contribution is 9.09. The second-order valence-electron chi connectivity index (χ2n) is 10.2. The molecular weight excluding hydrogens is 587 g/mol. The van der Waals surface area contributed by atoms with Crippen molar-refractivity contribution < 1.29 is 29.0 Å². The number of benzene rings is 1. The lowest BCUT2D eigenvalue weighted by molar-refractivity contribution is -0.141. The monoisotopic (exact) mass is 608 g/mol. The van der Waals surface area contributed by atoms with Crippen LogP contribution in [0.25, 0.3) is 0 Å². The van der Waals surface area contributed by atoms with Crippen LogP contribution in [-0.4, -0.2) is 60.3 Å². The molecule has 0 radical (unpaired) electrons. The summed E-state index contributed by atoms with van der Waals surface area (Å²) in [4.78, 5) is 52.4. The van der Waals surface area contributed by atoms with E-state index in [0.717, 1.165) is 10.5 Å². The number of nitrogens with zero attached hydrogens (tertiary/aromatic N) is 2. The normalized spacial score (nSPS) is 36.4. The number of aromatic hydroxyl groups is 1. The number of carbonyl (C=O) groups is 4. The number of alkyl halides is 3. The SMILES string of the molecule is CCN1C(=O)C2CC=C3C(CC4(Cl)C(=O)N(CBr)C(=O)C4(Cl)C3C3=COc4ccc(O)cc4C3)C2C1=O. The number of halogens is 3. The number of amides is 4. The Bertz CT molecular complexity index is 1350. The van der Waals surface area contributed by atoms with Gasteiger partial charge in [0.25, 0.3) is 11.8 Å². The smallest absolute Gasteiger partial charge is 0.254 e. The first kappa shape index (κ1) is 24.9. The molecule has 37 heavy (non-hydrogen) atoms. The van der Waals surface area contributed by atoms with Gasteiger partial charge in [-0.2, -0.15) is 0 Å². The summed E-state index contributed by atoms with van der Waals surface area (Å²) in [7, 11) is 0. The minimum Gasteiger partial charge on any atom is -0.508 e. The molecule has 0 bridgehead atoms. The quantitative estimate of drug-likeness (QED) is 0.244. The molecule has 0 spiro atoms. The van der Waals surface area contributed by atoms with Crippen LogP contribution in [0, 0.1) is 23.7 Å². The van der Waals surface area contributed by atoms with E-state index in [4.69, 9.17) is 27.9 Å². The van der Waals surface area contributed by atoms with Crippen molar-refractivity contribution in [1.29, 1.82) is 0 Å². The zero-order valence-electron chi connectivity index (χ0n) is 19.7. The standard InChI is InChI=1S/C26H23BrCl2N2O6/c1-2-30-21(33)16-5-4-15-17(19(16)22(30)34)9-25(28)23(35)31(11-27)24(36)26(25,29)20(15)13-7-12-8-14(32)3-6-18(12)37-10-13/h3-4,6,8,10,16-17,19-20,32H,2,5,7,9,11H2,1H3. The first-order chi connectivity index (χ1) is 17.6. The third-order valence-corrected chi connectivity index (χ3v) is 10.5. The Balaban J connectivity index is 1.53. The van der Waals surface area contributed by atoms with Crippen LogP contribution in [0.5, 0.6) is 11.5 Å². The van der Waals surface area contributed by atoms with Gasteiger partial charge in [0.1, 0.15) is 11.5 Å². The number of hydrogen-bond acceptors (Lipinski definition) is 6. The zero-order valence-corrected chi connectivity index (χ0v) is 22.8. The van der Waals surface area contributed by atoms with Gasteiger partial charge < -0.3 is 9.84 Å². The summed E-state index contributed by atoms with van der Waals surface area (Å²) in [5.74, 6) is -3.79. The summed E-state index contributed by atoms with van der Waals surface area (Å²) < 4.78 is 5.87. The van der Waals surface area contributed by atoms with Gasteiger partial charge in [-0.25, -0.2) is 0 Å². The number of likely N-dealkylation sites (tertiary alicyclic amines) is 2. The maximum atomic E-state index is 13.8. The van der Waals surface area contributed by atoms with E-state index in [0.29, 0.717) is 23.3 Å². The number of imide groups is 2. The van der Waals surface area contributed by atoms with Gasteiger partial charge in [0.15, 0.2) is 9.75 Å². The number of allylic oxidation sites excluding steroid dienone is 3. The van der Waals surface area contributed by atoms with Crippen molar-refractivity contribution in [2.75, 3.05) is 12.0 Å². The van der Waals surface area contributed by atoms with Crippen molar-refractivity contribution in [2.45, 2.75) is 35.9 Å². The topological polar surface area (TPSA) is 104 Å². The van der Waals surface area contributed by atoms with Gasteiger partial charge in [-0.3, -0.25) is 29.0 Å². The van der Waals surface area contributed by atoms with Gasteiger partial charge in [-0.15, -0.1) is 23.2 Å². The second kappa shape index (κ2) is 8.32. The molecule has 3 fully saturated rings. The Morgan fingerprint density at radius 1 is 1.11 bits per heavy atom. The van der Waals surface area contributed by atoms with Gasteiger partial charge in [0, 0.05) is 24.4 Å². The van der Waals surface area contributed by atoms with Crippen LogP contribution in [0.3, 0.4) is 0 Å². The predicted octanol–water partition coefficient (Wildman–Crippen LogP) is 3.47. The maximum absolute atomic E-state index is 13.8. The molecule has 1 saturated carbocycles. The van der Waals surface area contributed by atoms with Crippen molar-refractivity contribution in [3.05, 3.63) is 47.2 Å². The highest BCUT2D eigenvalue weighted by atomic mass is 79.9. The molecule has 11 heteroatoms. The molecular formula is C26H23BrCl2N2O6. The van der Waals surface area contributed by atoms with Crippen LogP contribution in [-0.2, 0) is 25.6 Å². The fraction of sp³-hybridized carbons (Fsp3) is 0.462. The summed E-state index contributed by atoms with van der Waals surface area (Å²) in [6.07, 6.45) is 3.99. The van der Waals surface area contributed by atoms with E-state index >= 15 is 0 Å². The number of rotatable bonds is 3. The Kier molecular flexibility index (Phi) is 5.61. The summed E-state index contributed by atoms with van der Waals surface area (Å²) in [5.41, 5.74) is 1.94. The number of carbonyl (C=O) groups excluding carboxylic acids is 4. The van der Waals surface area contributed by atoms with E-state index < -0.39 is 45.2 Å². The van der Waals surface area contributed by atoms with Crippen molar-refractivity contribution in [2.24, 2.45) is 23.7 Å². The van der Waals surface area contributed by atoms with E-state index in [1.54, 1.807) is 19.1 Å². The van der Waals surface area contributed by atoms with Crippen LogP contribution in [0.1, 0.15) is 25.3 Å². The molecule has 4 amide bonds. The highest BCUT2D eigenvalue weighted by Gasteiger charge is 2.76.